The summed E-state index contributed by atoms with van der Waals surface area (Å²) in [5, 5.41) is 64.8. The summed E-state index contributed by atoms with van der Waals surface area (Å²) in [5.74, 6) is -8.09. The second kappa shape index (κ2) is 13.6. The van der Waals surface area contributed by atoms with Gasteiger partial charge in [0.1, 0.15) is 42.2 Å². The van der Waals surface area contributed by atoms with Gasteiger partial charge in [0.05, 0.1) is 32.3 Å². The topological polar surface area (TPSA) is 271 Å². The predicted octanol–water partition coefficient (Wildman–Crippen LogP) is -1.90. The molecule has 0 aromatic carbocycles. The highest BCUT2D eigenvalue weighted by molar-refractivity contribution is 5.96. The van der Waals surface area contributed by atoms with Gasteiger partial charge in [-0.3, -0.25) is 9.59 Å². The molecule has 15 atom stereocenters. The molecule has 0 aromatic rings. The highest BCUT2D eigenvalue weighted by Gasteiger charge is 2.85. The number of allylic oxidation sites excluding steroid dienone is 2. The van der Waals surface area contributed by atoms with Gasteiger partial charge in [-0.25, -0.2) is 14.4 Å². The van der Waals surface area contributed by atoms with Gasteiger partial charge >= 0.3 is 23.9 Å². The number of Topliss-reactive ketones (excluding diaryl/α,β-unsaturated/α-hetero) is 1. The van der Waals surface area contributed by atoms with Crippen LogP contribution in [0.4, 0.5) is 0 Å². The van der Waals surface area contributed by atoms with Crippen molar-refractivity contribution in [2.45, 2.75) is 121 Å². The number of ketones is 1. The molecule has 0 radical (unpaired) electrons. The first-order valence-corrected chi connectivity index (χ1v) is 17.7. The lowest BCUT2D eigenvalue weighted by atomic mass is 9.38. The van der Waals surface area contributed by atoms with E-state index in [1.54, 1.807) is 13.8 Å². The Morgan fingerprint density at radius 3 is 2.28 bits per heavy atom. The predicted molar refractivity (Wildman–Crippen MR) is 175 cm³/mol. The van der Waals surface area contributed by atoms with Crippen molar-refractivity contribution in [2.24, 2.45) is 28.6 Å². The standard InChI is InChI=1S/C36H48O18/c1-13(33(4,5)54-15(3)38)8-20(40)52-26-28-35-12-49-36(28,32(47)48-7)29(45)24(44)27(35)34(6)10-17(39)25(14(2)16(34)9-19(35)51-30(26)46)53-31-23(43)22(42)21(41)18(11-37)50-31/h8,16,18-19,21-24,26-29,31,37,41-45H,9-12H2,1-7H3/b13-8+/t16?,18-,19-,21-,22+,23-,24-,26?,27?,28-,29?,31+,34+,35-,36+/m1/s1. The first kappa shape index (κ1) is 40.2. The zero-order valence-electron chi connectivity index (χ0n) is 30.9. The molecule has 2 bridgehead atoms. The molecule has 3 aliphatic carbocycles. The van der Waals surface area contributed by atoms with E-state index < -0.39 is 131 Å². The number of carbonyl (C=O) groups is 5. The third-order valence-corrected chi connectivity index (χ3v) is 12.8. The molecule has 6 rings (SSSR count). The molecule has 3 saturated heterocycles. The van der Waals surface area contributed by atoms with E-state index >= 15 is 0 Å². The molecule has 4 unspecified atom stereocenters. The van der Waals surface area contributed by atoms with Crippen molar-refractivity contribution in [3.63, 3.8) is 0 Å². The highest BCUT2D eigenvalue weighted by atomic mass is 16.7. The lowest BCUT2D eigenvalue weighted by molar-refractivity contribution is -0.296. The quantitative estimate of drug-likeness (QED) is 0.0894. The molecule has 54 heavy (non-hydrogen) atoms. The largest absolute Gasteiger partial charge is 0.467 e. The fourth-order valence-corrected chi connectivity index (χ4v) is 10.2. The van der Waals surface area contributed by atoms with E-state index in [0.717, 1.165) is 13.2 Å². The Kier molecular flexibility index (Phi) is 10.1. The third-order valence-electron chi connectivity index (χ3n) is 12.8. The van der Waals surface area contributed by atoms with Crippen molar-refractivity contribution in [1.29, 1.82) is 0 Å². The van der Waals surface area contributed by atoms with Gasteiger partial charge in [0.25, 0.3) is 0 Å². The Balaban J connectivity index is 1.41. The van der Waals surface area contributed by atoms with Crippen molar-refractivity contribution in [3.8, 4) is 0 Å². The van der Waals surface area contributed by atoms with Gasteiger partial charge in [0.15, 0.2) is 11.5 Å². The molecule has 300 valence electrons. The molecule has 0 amide bonds. The van der Waals surface area contributed by atoms with Gasteiger partial charge < -0.3 is 63.8 Å². The summed E-state index contributed by atoms with van der Waals surface area (Å²) in [7, 11) is 1.03. The minimum absolute atomic E-state index is 0.0183. The van der Waals surface area contributed by atoms with E-state index in [1.807, 2.05) is 0 Å². The van der Waals surface area contributed by atoms with Crippen LogP contribution in [0.5, 0.6) is 0 Å². The van der Waals surface area contributed by atoms with Crippen LogP contribution in [0.25, 0.3) is 0 Å². The van der Waals surface area contributed by atoms with Gasteiger partial charge in [0.2, 0.25) is 18.0 Å². The maximum atomic E-state index is 14.1. The average molecular weight is 769 g/mol. The van der Waals surface area contributed by atoms with E-state index in [0.29, 0.717) is 5.57 Å². The van der Waals surface area contributed by atoms with E-state index in [1.165, 1.54) is 27.7 Å². The van der Waals surface area contributed by atoms with Gasteiger partial charge in [0, 0.05) is 30.8 Å². The molecule has 6 N–H and O–H groups in total. The summed E-state index contributed by atoms with van der Waals surface area (Å²) in [6.45, 7) is 7.94. The Morgan fingerprint density at radius 2 is 1.67 bits per heavy atom. The summed E-state index contributed by atoms with van der Waals surface area (Å²) in [5.41, 5.74) is -5.89. The summed E-state index contributed by atoms with van der Waals surface area (Å²) in [6.07, 6.45) is -14.4. The third kappa shape index (κ3) is 5.63. The fourth-order valence-electron chi connectivity index (χ4n) is 10.2. The van der Waals surface area contributed by atoms with Crippen LogP contribution in [0.2, 0.25) is 0 Å². The maximum Gasteiger partial charge on any atom is 0.348 e. The average Bonchev–Trinajstić information content (AvgIpc) is 3.40. The van der Waals surface area contributed by atoms with Crippen LogP contribution in [0, 0.1) is 28.6 Å². The molecule has 6 aliphatic rings. The first-order chi connectivity index (χ1) is 25.1. The normalized spacial score (nSPS) is 44.4. The van der Waals surface area contributed by atoms with Crippen LogP contribution < -0.4 is 0 Å². The van der Waals surface area contributed by atoms with E-state index in [-0.39, 0.29) is 30.8 Å². The summed E-state index contributed by atoms with van der Waals surface area (Å²) in [6, 6.07) is 0. The van der Waals surface area contributed by atoms with Crippen LogP contribution in [-0.4, -0.2) is 147 Å². The monoisotopic (exact) mass is 768 g/mol. The van der Waals surface area contributed by atoms with Crippen molar-refractivity contribution in [1.82, 2.24) is 0 Å². The highest BCUT2D eigenvalue weighted by Crippen LogP contribution is 2.73. The molecule has 18 heteroatoms. The number of rotatable bonds is 8. The second-order valence-corrected chi connectivity index (χ2v) is 16.0. The van der Waals surface area contributed by atoms with Gasteiger partial charge in [-0.15, -0.1) is 0 Å². The maximum absolute atomic E-state index is 14.1. The lowest BCUT2D eigenvalue weighted by Gasteiger charge is -2.67. The Bertz CT molecular complexity index is 1670. The van der Waals surface area contributed by atoms with E-state index in [4.69, 9.17) is 33.2 Å². The number of aliphatic hydroxyl groups excluding tert-OH is 6. The Morgan fingerprint density at radius 1 is 1.00 bits per heavy atom. The SMILES string of the molecule is COC(=O)[C@@]12OC[C@]34C([C@@H](O)C1O)[C@@]1(C)CC(=O)C(O[C@@H]5O[C@H](CO)[C@@H](O)[C@H](O)[C@H]5O)=C(C)C1C[C@H]3OC(=O)C(OC(=O)/C=C(\C)C(C)(C)OC(C)=O)[C@H]42. The molecule has 1 spiro atoms. The number of carbonyl (C=O) groups excluding carboxylic acids is 5. The van der Waals surface area contributed by atoms with Crippen LogP contribution >= 0.6 is 0 Å². The van der Waals surface area contributed by atoms with E-state index in [2.05, 4.69) is 0 Å². The summed E-state index contributed by atoms with van der Waals surface area (Å²) in [4.78, 5) is 66.9. The zero-order valence-corrected chi connectivity index (χ0v) is 30.9. The summed E-state index contributed by atoms with van der Waals surface area (Å²) >= 11 is 0. The van der Waals surface area contributed by atoms with Gasteiger partial charge in [-0.2, -0.15) is 0 Å². The van der Waals surface area contributed by atoms with Gasteiger partial charge in [-0.05, 0) is 56.6 Å². The Hall–Kier alpha value is -3.49. The minimum Gasteiger partial charge on any atom is -0.467 e. The summed E-state index contributed by atoms with van der Waals surface area (Å²) < 4.78 is 39.6. The van der Waals surface area contributed by atoms with Crippen molar-refractivity contribution in [3.05, 3.63) is 23.0 Å². The molecule has 3 aliphatic heterocycles. The van der Waals surface area contributed by atoms with Crippen molar-refractivity contribution in [2.75, 3.05) is 20.3 Å². The fraction of sp³-hybridized carbons (Fsp3) is 0.750. The molecule has 18 nitrogen and oxygen atoms in total. The molecule has 0 aromatic heterocycles. The Labute approximate surface area is 309 Å². The zero-order chi connectivity index (χ0) is 40.0. The van der Waals surface area contributed by atoms with Crippen molar-refractivity contribution < 1.29 is 87.8 Å². The van der Waals surface area contributed by atoms with Crippen LogP contribution in [0.3, 0.4) is 0 Å². The molecular weight excluding hydrogens is 720 g/mol. The number of fused-ring (bicyclic) bond motifs is 2. The smallest absolute Gasteiger partial charge is 0.348 e. The van der Waals surface area contributed by atoms with E-state index in [9.17, 15) is 54.6 Å². The number of aliphatic hydroxyl groups is 6. The molecule has 3 heterocycles. The number of hydrogen-bond donors (Lipinski definition) is 6. The second-order valence-electron chi connectivity index (χ2n) is 16.0. The molecule has 2 saturated carbocycles. The number of hydrogen-bond acceptors (Lipinski definition) is 18. The first-order valence-electron chi connectivity index (χ1n) is 17.7. The molecule has 5 fully saturated rings. The van der Waals surface area contributed by atoms with Gasteiger partial charge in [-0.1, -0.05) is 6.92 Å². The van der Waals surface area contributed by atoms with Crippen LogP contribution in [0.15, 0.2) is 23.0 Å². The van der Waals surface area contributed by atoms with Crippen LogP contribution in [0.1, 0.15) is 54.4 Å². The minimum atomic E-state index is -2.41. The van der Waals surface area contributed by atoms with Crippen molar-refractivity contribution >= 4 is 29.7 Å². The number of ether oxygens (including phenoxy) is 7. The number of esters is 4. The number of methoxy groups -OCH3 is 1. The molecular formula is C36H48O18. The van der Waals surface area contributed by atoms with Crippen LogP contribution in [-0.2, 0) is 57.1 Å². The lowest BCUT2D eigenvalue weighted by Crippen LogP contribution is -2.79.